The number of carbonyl (C=O) groups excluding carboxylic acids is 3. The van der Waals surface area contributed by atoms with Crippen molar-refractivity contribution in [3.63, 3.8) is 0 Å². The second-order valence-corrected chi connectivity index (χ2v) is 10.9. The molecule has 0 atom stereocenters. The first-order chi connectivity index (χ1) is 21.8. The molecule has 1 heterocycles. The van der Waals surface area contributed by atoms with Gasteiger partial charge < -0.3 is 19.4 Å². The summed E-state index contributed by atoms with van der Waals surface area (Å²) in [5, 5.41) is 3.69. The summed E-state index contributed by atoms with van der Waals surface area (Å²) in [7, 11) is 1.33. The van der Waals surface area contributed by atoms with Gasteiger partial charge in [0.1, 0.15) is 11.3 Å². The van der Waals surface area contributed by atoms with E-state index >= 15 is 0 Å². The number of anilines is 1. The molecule has 0 saturated carbocycles. The van der Waals surface area contributed by atoms with Crippen LogP contribution in [0.15, 0.2) is 89.3 Å². The number of Topliss-reactive ketones (excluding diaryl/α,β-unsaturated/α-hetero) is 1. The molecule has 0 aliphatic heterocycles. The Kier molecular flexibility index (Phi) is 9.48. The summed E-state index contributed by atoms with van der Waals surface area (Å²) >= 11 is 0. The minimum absolute atomic E-state index is 0.00577. The van der Waals surface area contributed by atoms with Crippen molar-refractivity contribution in [3.05, 3.63) is 113 Å². The number of benzene rings is 4. The Morgan fingerprint density at radius 2 is 1.58 bits per heavy atom. The van der Waals surface area contributed by atoms with Crippen LogP contribution >= 0.6 is 0 Å². The highest BCUT2D eigenvalue weighted by atomic mass is 16.5. The van der Waals surface area contributed by atoms with Gasteiger partial charge in [-0.2, -0.15) is 0 Å². The number of nitrogens with zero attached hydrogens (tertiary/aromatic N) is 1. The highest BCUT2D eigenvalue weighted by Crippen LogP contribution is 2.41. The Morgan fingerprint density at radius 3 is 2.27 bits per heavy atom. The number of furan rings is 1. The second kappa shape index (κ2) is 13.6. The lowest BCUT2D eigenvalue weighted by atomic mass is 9.95. The Morgan fingerprint density at radius 1 is 0.844 bits per heavy atom. The molecule has 0 saturated heterocycles. The van der Waals surface area contributed by atoms with E-state index in [1.54, 1.807) is 24.3 Å². The molecule has 1 amide bonds. The smallest absolute Gasteiger partial charge is 0.338 e. The van der Waals surface area contributed by atoms with Crippen LogP contribution in [0.4, 0.5) is 5.69 Å². The van der Waals surface area contributed by atoms with Gasteiger partial charge in [0.25, 0.3) is 5.91 Å². The van der Waals surface area contributed by atoms with Gasteiger partial charge in [0.15, 0.2) is 5.78 Å². The summed E-state index contributed by atoms with van der Waals surface area (Å²) in [5.41, 5.74) is 7.45. The van der Waals surface area contributed by atoms with E-state index in [-0.39, 0.29) is 18.2 Å². The topological polar surface area (TPSA) is 88.9 Å². The molecule has 7 heteroatoms. The first-order valence-electron chi connectivity index (χ1n) is 15.3. The number of rotatable bonds is 11. The van der Waals surface area contributed by atoms with Gasteiger partial charge in [-0.25, -0.2) is 4.79 Å². The van der Waals surface area contributed by atoms with Gasteiger partial charge >= 0.3 is 5.97 Å². The van der Waals surface area contributed by atoms with Crippen molar-refractivity contribution in [2.24, 2.45) is 0 Å². The third-order valence-electron chi connectivity index (χ3n) is 8.12. The molecule has 0 radical (unpaired) electrons. The maximum absolute atomic E-state index is 13.4. The van der Waals surface area contributed by atoms with Gasteiger partial charge in [-0.3, -0.25) is 9.59 Å². The number of amides is 1. The van der Waals surface area contributed by atoms with E-state index in [2.05, 4.69) is 24.1 Å². The molecule has 230 valence electrons. The Hall–Kier alpha value is -5.17. The van der Waals surface area contributed by atoms with Crippen LogP contribution in [0, 0.1) is 6.92 Å². The third kappa shape index (κ3) is 6.38. The molecule has 0 bridgehead atoms. The number of ether oxygens (including phenoxy) is 1. The molecule has 1 aromatic heterocycles. The van der Waals surface area contributed by atoms with E-state index < -0.39 is 5.97 Å². The Labute approximate surface area is 263 Å². The first kappa shape index (κ1) is 31.3. The standard InChI is InChI=1S/C38H38N2O5/c1-6-33(41)35-31-21-30(32(40(7-2)8-3)22-34(31)45-36(35)25-18-16-24(4)17-19-25)26-13-11-14-27(20-26)37(42)39-23-28-12-9-10-15-29(28)38(43)44-5/h9-22H,6-8,23H2,1-5H3,(H,39,42). The zero-order valence-corrected chi connectivity index (χ0v) is 26.4. The SMILES string of the molecule is CCC(=O)c1c(-c2ccc(C)cc2)oc2cc(N(CC)CC)c(-c3cccc(C(=O)NCc4ccccc4C(=O)OC)c3)cc12. The predicted octanol–water partition coefficient (Wildman–Crippen LogP) is 8.23. The van der Waals surface area contributed by atoms with Crippen LogP contribution in [0.5, 0.6) is 0 Å². The normalized spacial score (nSPS) is 11.0. The van der Waals surface area contributed by atoms with E-state index in [9.17, 15) is 14.4 Å². The summed E-state index contributed by atoms with van der Waals surface area (Å²) < 4.78 is 11.3. The van der Waals surface area contributed by atoms with Crippen molar-refractivity contribution in [2.75, 3.05) is 25.1 Å². The number of nitrogens with one attached hydrogen (secondary N) is 1. The van der Waals surface area contributed by atoms with Crippen molar-refractivity contribution in [2.45, 2.75) is 40.7 Å². The van der Waals surface area contributed by atoms with Gasteiger partial charge in [-0.15, -0.1) is 0 Å². The van der Waals surface area contributed by atoms with Gasteiger partial charge in [0.2, 0.25) is 0 Å². The predicted molar refractivity (Wildman–Crippen MR) is 179 cm³/mol. The molecule has 0 spiro atoms. The molecular formula is C38H38N2O5. The van der Waals surface area contributed by atoms with Crippen molar-refractivity contribution in [3.8, 4) is 22.5 Å². The first-order valence-corrected chi connectivity index (χ1v) is 15.3. The average Bonchev–Trinajstić information content (AvgIpc) is 3.45. The van der Waals surface area contributed by atoms with Crippen LogP contribution in [-0.2, 0) is 11.3 Å². The van der Waals surface area contributed by atoms with E-state index in [4.69, 9.17) is 9.15 Å². The zero-order valence-electron chi connectivity index (χ0n) is 26.4. The Bertz CT molecular complexity index is 1870. The summed E-state index contributed by atoms with van der Waals surface area (Å²) in [4.78, 5) is 41.2. The molecule has 1 N–H and O–H groups in total. The molecule has 5 rings (SSSR count). The average molecular weight is 603 g/mol. The fourth-order valence-electron chi connectivity index (χ4n) is 5.64. The van der Waals surface area contributed by atoms with E-state index in [1.165, 1.54) is 7.11 Å². The van der Waals surface area contributed by atoms with Crippen molar-refractivity contribution in [1.29, 1.82) is 0 Å². The van der Waals surface area contributed by atoms with E-state index in [1.807, 2.05) is 74.5 Å². The monoisotopic (exact) mass is 602 g/mol. The van der Waals surface area contributed by atoms with E-state index in [0.29, 0.717) is 40.0 Å². The van der Waals surface area contributed by atoms with Crippen molar-refractivity contribution in [1.82, 2.24) is 5.32 Å². The highest BCUT2D eigenvalue weighted by Gasteiger charge is 2.24. The quantitative estimate of drug-likeness (QED) is 0.121. The molecule has 0 aliphatic rings. The van der Waals surface area contributed by atoms with Crippen LogP contribution < -0.4 is 10.2 Å². The fourth-order valence-corrected chi connectivity index (χ4v) is 5.64. The lowest BCUT2D eigenvalue weighted by molar-refractivity contribution is 0.0598. The van der Waals surface area contributed by atoms with Crippen LogP contribution in [0.2, 0.25) is 0 Å². The number of fused-ring (bicyclic) bond motifs is 1. The second-order valence-electron chi connectivity index (χ2n) is 10.9. The molecule has 4 aromatic carbocycles. The number of methoxy groups -OCH3 is 1. The fraction of sp³-hybridized carbons (Fsp3) is 0.237. The highest BCUT2D eigenvalue weighted by molar-refractivity contribution is 6.13. The molecular weight excluding hydrogens is 564 g/mol. The maximum atomic E-state index is 13.4. The molecule has 5 aromatic rings. The van der Waals surface area contributed by atoms with Crippen molar-refractivity contribution < 1.29 is 23.5 Å². The number of hydrogen-bond donors (Lipinski definition) is 1. The van der Waals surface area contributed by atoms with Crippen LogP contribution in [0.3, 0.4) is 0 Å². The van der Waals surface area contributed by atoms with Crippen LogP contribution in [0.1, 0.15) is 69.4 Å². The molecule has 45 heavy (non-hydrogen) atoms. The largest absolute Gasteiger partial charge is 0.465 e. The summed E-state index contributed by atoms with van der Waals surface area (Å²) in [6.45, 7) is 9.78. The Balaban J connectivity index is 1.59. The summed E-state index contributed by atoms with van der Waals surface area (Å²) in [5.74, 6) is -0.147. The summed E-state index contributed by atoms with van der Waals surface area (Å²) in [6, 6.07) is 26.5. The van der Waals surface area contributed by atoms with Crippen LogP contribution in [0.25, 0.3) is 33.4 Å². The van der Waals surface area contributed by atoms with Crippen molar-refractivity contribution >= 4 is 34.3 Å². The molecule has 0 fully saturated rings. The number of esters is 1. The van der Waals surface area contributed by atoms with Gasteiger partial charge in [0.05, 0.1) is 18.2 Å². The minimum Gasteiger partial charge on any atom is -0.465 e. The zero-order chi connectivity index (χ0) is 32.1. The lowest BCUT2D eigenvalue weighted by Crippen LogP contribution is -2.24. The number of hydrogen-bond acceptors (Lipinski definition) is 6. The molecule has 7 nitrogen and oxygen atoms in total. The van der Waals surface area contributed by atoms with Gasteiger partial charge in [-0.1, -0.05) is 67.1 Å². The molecule has 0 aliphatic carbocycles. The maximum Gasteiger partial charge on any atom is 0.338 e. The number of ketones is 1. The minimum atomic E-state index is -0.452. The number of carbonyl (C=O) groups is 3. The van der Waals surface area contributed by atoms with Gasteiger partial charge in [-0.05, 0) is 56.2 Å². The molecule has 0 unspecified atom stereocenters. The van der Waals surface area contributed by atoms with Gasteiger partial charge in [0, 0.05) is 59.9 Å². The third-order valence-corrected chi connectivity index (χ3v) is 8.12. The number of aryl methyl sites for hydroxylation is 1. The lowest BCUT2D eigenvalue weighted by Gasteiger charge is -2.24. The summed E-state index contributed by atoms with van der Waals surface area (Å²) in [6.07, 6.45) is 0.343. The van der Waals surface area contributed by atoms with E-state index in [0.717, 1.165) is 46.4 Å². The van der Waals surface area contributed by atoms with Crippen LogP contribution in [-0.4, -0.2) is 37.9 Å².